The lowest BCUT2D eigenvalue weighted by molar-refractivity contribution is -0.587. The standard InChI is InChI=1S/C9H12NO2.BrH/c1-8(2)12-9(11)10-6-4-3-5-7-10;/h3-8H,1-2H3;1H/q+1;/p-1. The van der Waals surface area contributed by atoms with E-state index < -0.39 is 0 Å². The largest absolute Gasteiger partial charge is 1.00 e. The fraction of sp³-hybridized carbons (Fsp3) is 0.333. The van der Waals surface area contributed by atoms with Gasteiger partial charge in [-0.25, -0.2) is 0 Å². The number of nitrogens with zero attached hydrogens (tertiary/aromatic N) is 1. The van der Waals surface area contributed by atoms with Crippen molar-refractivity contribution in [2.75, 3.05) is 0 Å². The Morgan fingerprint density at radius 1 is 1.23 bits per heavy atom. The summed E-state index contributed by atoms with van der Waals surface area (Å²) in [6, 6.07) is 5.41. The number of carbonyl (C=O) groups excluding carboxylic acids is 1. The molecule has 0 aliphatic heterocycles. The first-order valence-electron chi connectivity index (χ1n) is 3.87. The number of hydrogen-bond acceptors (Lipinski definition) is 2. The van der Waals surface area contributed by atoms with Crippen LogP contribution in [-0.4, -0.2) is 12.2 Å². The molecule has 0 amide bonds. The fourth-order valence-electron chi connectivity index (χ4n) is 0.783. The van der Waals surface area contributed by atoms with Gasteiger partial charge in [0.1, 0.15) is 6.10 Å². The molecule has 0 radical (unpaired) electrons. The van der Waals surface area contributed by atoms with Crippen LogP contribution in [0.15, 0.2) is 30.6 Å². The van der Waals surface area contributed by atoms with Gasteiger partial charge in [0.25, 0.3) is 0 Å². The summed E-state index contributed by atoms with van der Waals surface area (Å²) < 4.78 is 6.36. The summed E-state index contributed by atoms with van der Waals surface area (Å²) in [6.07, 6.45) is 2.89. The minimum atomic E-state index is -0.342. The molecule has 0 aliphatic rings. The minimum absolute atomic E-state index is 0. The first-order valence-corrected chi connectivity index (χ1v) is 3.87. The van der Waals surface area contributed by atoms with Gasteiger partial charge in [-0.1, -0.05) is 10.6 Å². The highest BCUT2D eigenvalue weighted by atomic mass is 79.9. The van der Waals surface area contributed by atoms with E-state index in [-0.39, 0.29) is 29.2 Å². The van der Waals surface area contributed by atoms with Crippen molar-refractivity contribution >= 4 is 6.09 Å². The van der Waals surface area contributed by atoms with E-state index in [1.54, 1.807) is 24.5 Å². The molecule has 1 aromatic rings. The molecule has 0 aliphatic carbocycles. The van der Waals surface area contributed by atoms with Crippen molar-refractivity contribution in [1.29, 1.82) is 0 Å². The molecule has 0 spiro atoms. The Morgan fingerprint density at radius 3 is 2.23 bits per heavy atom. The highest BCUT2D eigenvalue weighted by Crippen LogP contribution is 1.88. The predicted molar refractivity (Wildman–Crippen MR) is 43.7 cm³/mol. The van der Waals surface area contributed by atoms with E-state index >= 15 is 0 Å². The van der Waals surface area contributed by atoms with Gasteiger partial charge in [-0.3, -0.25) is 0 Å². The SMILES string of the molecule is CC(C)OC(=O)[n+]1ccccc1.[Br-]. The second-order valence-electron chi connectivity index (χ2n) is 2.72. The summed E-state index contributed by atoms with van der Waals surface area (Å²) in [5, 5.41) is 0. The Labute approximate surface area is 88.1 Å². The molecule has 3 nitrogen and oxygen atoms in total. The second-order valence-corrected chi connectivity index (χ2v) is 2.72. The molecule has 0 fully saturated rings. The molecule has 4 heteroatoms. The van der Waals surface area contributed by atoms with E-state index in [0.29, 0.717) is 0 Å². The normalized spacial score (nSPS) is 9.15. The Bertz CT molecular complexity index is 262. The molecular weight excluding hydrogens is 234 g/mol. The molecule has 1 rings (SSSR count). The van der Waals surface area contributed by atoms with Crippen molar-refractivity contribution < 1.29 is 31.1 Å². The van der Waals surface area contributed by atoms with Crippen LogP contribution >= 0.6 is 0 Å². The van der Waals surface area contributed by atoms with Crippen LogP contribution in [0.1, 0.15) is 13.8 Å². The monoisotopic (exact) mass is 245 g/mol. The quantitative estimate of drug-likeness (QED) is 0.557. The van der Waals surface area contributed by atoms with E-state index in [1.807, 2.05) is 19.9 Å². The summed E-state index contributed by atoms with van der Waals surface area (Å²) in [5.41, 5.74) is 0. The van der Waals surface area contributed by atoms with Gasteiger partial charge in [0.2, 0.25) is 0 Å². The topological polar surface area (TPSA) is 30.2 Å². The number of pyridine rings is 1. The molecule has 1 aromatic heterocycles. The molecule has 0 atom stereocenters. The van der Waals surface area contributed by atoms with Crippen molar-refractivity contribution in [2.24, 2.45) is 0 Å². The third-order valence-corrected chi connectivity index (χ3v) is 1.26. The molecule has 0 saturated heterocycles. The lowest BCUT2D eigenvalue weighted by Gasteiger charge is -2.01. The molecule has 0 N–H and O–H groups in total. The van der Waals surface area contributed by atoms with Crippen molar-refractivity contribution in [2.45, 2.75) is 20.0 Å². The van der Waals surface area contributed by atoms with E-state index in [1.165, 1.54) is 4.57 Å². The van der Waals surface area contributed by atoms with Crippen molar-refractivity contribution in [3.05, 3.63) is 30.6 Å². The Hall–Kier alpha value is -0.900. The summed E-state index contributed by atoms with van der Waals surface area (Å²) in [6.45, 7) is 3.64. The van der Waals surface area contributed by atoms with Crippen LogP contribution in [-0.2, 0) is 4.74 Å². The number of aromatic nitrogens is 1. The molecule has 13 heavy (non-hydrogen) atoms. The zero-order valence-electron chi connectivity index (χ0n) is 7.61. The summed E-state index contributed by atoms with van der Waals surface area (Å²) >= 11 is 0. The van der Waals surface area contributed by atoms with Crippen molar-refractivity contribution in [3.8, 4) is 0 Å². The zero-order valence-corrected chi connectivity index (χ0v) is 9.19. The Kier molecular flexibility index (Phi) is 5.30. The van der Waals surface area contributed by atoms with Crippen LogP contribution in [0.3, 0.4) is 0 Å². The maximum absolute atomic E-state index is 11.2. The third-order valence-electron chi connectivity index (χ3n) is 1.26. The van der Waals surface area contributed by atoms with Gasteiger partial charge in [-0.2, -0.15) is 4.79 Å². The molecule has 0 unspecified atom stereocenters. The van der Waals surface area contributed by atoms with Crippen LogP contribution in [0.2, 0.25) is 0 Å². The lowest BCUT2D eigenvalue weighted by atomic mass is 10.5. The predicted octanol–water partition coefficient (Wildman–Crippen LogP) is -1.63. The fourth-order valence-corrected chi connectivity index (χ4v) is 0.783. The molecule has 0 saturated carbocycles. The van der Waals surface area contributed by atoms with Gasteiger partial charge in [-0.15, -0.1) is 0 Å². The highest BCUT2D eigenvalue weighted by Gasteiger charge is 2.15. The van der Waals surface area contributed by atoms with Gasteiger partial charge in [0.15, 0.2) is 12.4 Å². The van der Waals surface area contributed by atoms with Crippen LogP contribution in [0, 0.1) is 0 Å². The Balaban J connectivity index is 0.00000144. The first kappa shape index (κ1) is 12.1. The molecule has 1 heterocycles. The van der Waals surface area contributed by atoms with Crippen LogP contribution in [0.4, 0.5) is 4.79 Å². The molecule has 72 valence electrons. The summed E-state index contributed by atoms with van der Waals surface area (Å²) in [4.78, 5) is 11.2. The van der Waals surface area contributed by atoms with Gasteiger partial charge in [-0.05, 0) is 13.8 Å². The van der Waals surface area contributed by atoms with Gasteiger partial charge in [0.05, 0.1) is 0 Å². The smallest absolute Gasteiger partial charge is 0.602 e. The number of rotatable bonds is 1. The minimum Gasteiger partial charge on any atom is -1.00 e. The van der Waals surface area contributed by atoms with E-state index in [4.69, 9.17) is 4.74 Å². The molecular formula is C9H12BrNO2. The summed E-state index contributed by atoms with van der Waals surface area (Å²) in [7, 11) is 0. The summed E-state index contributed by atoms with van der Waals surface area (Å²) in [5.74, 6) is 0. The highest BCUT2D eigenvalue weighted by molar-refractivity contribution is 5.56. The van der Waals surface area contributed by atoms with Crippen LogP contribution in [0.25, 0.3) is 0 Å². The average Bonchev–Trinajstić information content (AvgIpc) is 2.05. The van der Waals surface area contributed by atoms with Crippen molar-refractivity contribution in [1.82, 2.24) is 0 Å². The number of hydrogen-bond donors (Lipinski definition) is 0. The third kappa shape index (κ3) is 4.03. The van der Waals surface area contributed by atoms with Gasteiger partial charge in [0, 0.05) is 12.1 Å². The van der Waals surface area contributed by atoms with Crippen LogP contribution in [0.5, 0.6) is 0 Å². The second kappa shape index (κ2) is 5.70. The molecule has 0 aromatic carbocycles. The molecule has 0 bridgehead atoms. The van der Waals surface area contributed by atoms with Crippen LogP contribution < -0.4 is 21.5 Å². The van der Waals surface area contributed by atoms with E-state index in [9.17, 15) is 4.79 Å². The van der Waals surface area contributed by atoms with E-state index in [2.05, 4.69) is 0 Å². The number of carbonyl (C=O) groups is 1. The average molecular weight is 246 g/mol. The zero-order chi connectivity index (χ0) is 8.97. The van der Waals surface area contributed by atoms with Crippen molar-refractivity contribution in [3.63, 3.8) is 0 Å². The number of halogens is 1. The number of ether oxygens (including phenoxy) is 1. The first-order chi connectivity index (χ1) is 5.70. The lowest BCUT2D eigenvalue weighted by Crippen LogP contribution is -3.00. The Morgan fingerprint density at radius 2 is 1.77 bits per heavy atom. The maximum atomic E-state index is 11.2. The van der Waals surface area contributed by atoms with Gasteiger partial charge < -0.3 is 21.7 Å². The van der Waals surface area contributed by atoms with E-state index in [0.717, 1.165) is 0 Å². The van der Waals surface area contributed by atoms with Gasteiger partial charge >= 0.3 is 6.09 Å². The maximum Gasteiger partial charge on any atom is 0.602 e.